The SMILES string of the molecule is CCC(NC(=O)C1CCC1)c1nnc(-c2cccc(F)c2)[nH]c1=O. The Kier molecular flexibility index (Phi) is 4.69. The lowest BCUT2D eigenvalue weighted by atomic mass is 9.84. The summed E-state index contributed by atoms with van der Waals surface area (Å²) in [4.78, 5) is 27.0. The van der Waals surface area contributed by atoms with E-state index in [2.05, 4.69) is 20.5 Å². The fraction of sp³-hybridized carbons (Fsp3) is 0.412. The molecule has 1 fully saturated rings. The van der Waals surface area contributed by atoms with Crippen molar-refractivity contribution in [2.45, 2.75) is 38.6 Å². The number of halogens is 1. The van der Waals surface area contributed by atoms with Crippen LogP contribution in [-0.4, -0.2) is 21.1 Å². The highest BCUT2D eigenvalue weighted by molar-refractivity contribution is 5.79. The molecular formula is C17H19FN4O2. The van der Waals surface area contributed by atoms with E-state index in [4.69, 9.17) is 0 Å². The van der Waals surface area contributed by atoms with Crippen molar-refractivity contribution >= 4 is 5.91 Å². The summed E-state index contributed by atoms with van der Waals surface area (Å²) in [6.07, 6.45) is 3.39. The molecule has 24 heavy (non-hydrogen) atoms. The summed E-state index contributed by atoms with van der Waals surface area (Å²) in [5.74, 6) is -0.219. The maximum absolute atomic E-state index is 13.3. The summed E-state index contributed by atoms with van der Waals surface area (Å²) in [5.41, 5.74) is 0.188. The molecule has 1 aliphatic rings. The van der Waals surface area contributed by atoms with Gasteiger partial charge in [-0.3, -0.25) is 9.59 Å². The molecule has 0 radical (unpaired) electrons. The van der Waals surface area contributed by atoms with E-state index in [1.807, 2.05) is 6.92 Å². The van der Waals surface area contributed by atoms with Gasteiger partial charge >= 0.3 is 0 Å². The average Bonchev–Trinajstić information content (AvgIpc) is 2.51. The van der Waals surface area contributed by atoms with Crippen molar-refractivity contribution in [2.24, 2.45) is 5.92 Å². The van der Waals surface area contributed by atoms with E-state index in [1.165, 1.54) is 18.2 Å². The maximum atomic E-state index is 13.3. The Bertz CT molecular complexity index is 801. The quantitative estimate of drug-likeness (QED) is 0.881. The van der Waals surface area contributed by atoms with Crippen LogP contribution in [0.2, 0.25) is 0 Å². The van der Waals surface area contributed by atoms with E-state index in [0.29, 0.717) is 12.0 Å². The standard InChI is InChI=1S/C17H19FN4O2/c1-2-13(19-16(23)10-5-3-6-10)14-17(24)20-15(22-21-14)11-7-4-8-12(18)9-11/h4,7-10,13H,2-3,5-6H2,1H3,(H,19,23)(H,20,22,24). The summed E-state index contributed by atoms with van der Waals surface area (Å²) in [7, 11) is 0. The van der Waals surface area contributed by atoms with Crippen LogP contribution in [0.3, 0.4) is 0 Å². The Labute approximate surface area is 138 Å². The summed E-state index contributed by atoms with van der Waals surface area (Å²) < 4.78 is 13.3. The third-order valence-electron chi connectivity index (χ3n) is 4.35. The van der Waals surface area contributed by atoms with Gasteiger partial charge in [-0.25, -0.2) is 4.39 Å². The number of H-pyrrole nitrogens is 1. The van der Waals surface area contributed by atoms with Gasteiger partial charge in [0, 0.05) is 11.5 Å². The van der Waals surface area contributed by atoms with Gasteiger partial charge in [-0.2, -0.15) is 0 Å². The second kappa shape index (κ2) is 6.90. The van der Waals surface area contributed by atoms with Crippen molar-refractivity contribution < 1.29 is 9.18 Å². The molecule has 126 valence electrons. The minimum Gasteiger partial charge on any atom is -0.347 e. The molecule has 6 nitrogen and oxygen atoms in total. The number of nitrogens with zero attached hydrogens (tertiary/aromatic N) is 2. The van der Waals surface area contributed by atoms with Crippen LogP contribution < -0.4 is 10.9 Å². The number of hydrogen-bond donors (Lipinski definition) is 2. The normalized spacial score (nSPS) is 15.6. The Hall–Kier alpha value is -2.57. The Morgan fingerprint density at radius 1 is 1.42 bits per heavy atom. The molecule has 2 aromatic rings. The number of carbonyl (C=O) groups is 1. The van der Waals surface area contributed by atoms with Crippen LogP contribution in [0.5, 0.6) is 0 Å². The topological polar surface area (TPSA) is 87.7 Å². The Morgan fingerprint density at radius 2 is 2.21 bits per heavy atom. The first-order chi connectivity index (χ1) is 11.6. The molecule has 0 bridgehead atoms. The highest BCUT2D eigenvalue weighted by Crippen LogP contribution is 2.27. The Morgan fingerprint density at radius 3 is 2.79 bits per heavy atom. The zero-order valence-electron chi connectivity index (χ0n) is 13.4. The summed E-state index contributed by atoms with van der Waals surface area (Å²) in [6.45, 7) is 1.87. The van der Waals surface area contributed by atoms with E-state index in [0.717, 1.165) is 19.3 Å². The number of aromatic nitrogens is 3. The van der Waals surface area contributed by atoms with Crippen LogP contribution in [0.15, 0.2) is 29.1 Å². The summed E-state index contributed by atoms with van der Waals surface area (Å²) in [5, 5.41) is 10.8. The largest absolute Gasteiger partial charge is 0.347 e. The smallest absolute Gasteiger partial charge is 0.275 e. The van der Waals surface area contributed by atoms with Crippen LogP contribution in [-0.2, 0) is 4.79 Å². The molecule has 1 aromatic heterocycles. The van der Waals surface area contributed by atoms with Crippen LogP contribution in [0.25, 0.3) is 11.4 Å². The van der Waals surface area contributed by atoms with Crippen molar-refractivity contribution in [2.75, 3.05) is 0 Å². The first-order valence-corrected chi connectivity index (χ1v) is 8.11. The van der Waals surface area contributed by atoms with Gasteiger partial charge in [0.25, 0.3) is 5.56 Å². The van der Waals surface area contributed by atoms with Crippen LogP contribution >= 0.6 is 0 Å². The monoisotopic (exact) mass is 330 g/mol. The zero-order valence-corrected chi connectivity index (χ0v) is 13.4. The molecule has 1 saturated carbocycles. The fourth-order valence-corrected chi connectivity index (χ4v) is 2.66. The number of aromatic amines is 1. The second-order valence-corrected chi connectivity index (χ2v) is 6.00. The highest BCUT2D eigenvalue weighted by atomic mass is 19.1. The van der Waals surface area contributed by atoms with Gasteiger partial charge in [0.2, 0.25) is 5.91 Å². The molecule has 1 aromatic carbocycles. The lowest BCUT2D eigenvalue weighted by Crippen LogP contribution is -2.39. The average molecular weight is 330 g/mol. The van der Waals surface area contributed by atoms with E-state index in [1.54, 1.807) is 6.07 Å². The second-order valence-electron chi connectivity index (χ2n) is 6.00. The third-order valence-corrected chi connectivity index (χ3v) is 4.35. The Balaban J connectivity index is 1.82. The molecule has 0 spiro atoms. The summed E-state index contributed by atoms with van der Waals surface area (Å²) >= 11 is 0. The van der Waals surface area contributed by atoms with Crippen molar-refractivity contribution in [3.8, 4) is 11.4 Å². The van der Waals surface area contributed by atoms with Crippen molar-refractivity contribution in [3.05, 3.63) is 46.1 Å². The minimum atomic E-state index is -0.476. The van der Waals surface area contributed by atoms with Gasteiger partial charge < -0.3 is 10.3 Å². The third kappa shape index (κ3) is 3.34. The van der Waals surface area contributed by atoms with Gasteiger partial charge in [0.15, 0.2) is 11.5 Å². The molecule has 0 aliphatic heterocycles. The fourth-order valence-electron chi connectivity index (χ4n) is 2.66. The number of rotatable bonds is 5. The van der Waals surface area contributed by atoms with Gasteiger partial charge in [0.1, 0.15) is 5.82 Å². The van der Waals surface area contributed by atoms with Crippen molar-refractivity contribution in [1.82, 2.24) is 20.5 Å². The van der Waals surface area contributed by atoms with Gasteiger partial charge in [0.05, 0.1) is 6.04 Å². The lowest BCUT2D eigenvalue weighted by Gasteiger charge is -2.26. The lowest BCUT2D eigenvalue weighted by molar-refractivity contribution is -0.128. The molecule has 1 aliphatic carbocycles. The number of carbonyl (C=O) groups excluding carboxylic acids is 1. The van der Waals surface area contributed by atoms with Gasteiger partial charge in [-0.1, -0.05) is 25.5 Å². The van der Waals surface area contributed by atoms with Crippen LogP contribution in [0.4, 0.5) is 4.39 Å². The highest BCUT2D eigenvalue weighted by Gasteiger charge is 2.28. The van der Waals surface area contributed by atoms with Crippen LogP contribution in [0.1, 0.15) is 44.3 Å². The van der Waals surface area contributed by atoms with E-state index in [-0.39, 0.29) is 23.3 Å². The number of nitrogens with one attached hydrogen (secondary N) is 2. The van der Waals surface area contributed by atoms with E-state index in [9.17, 15) is 14.0 Å². The summed E-state index contributed by atoms with van der Waals surface area (Å²) in [6, 6.07) is 5.28. The number of hydrogen-bond acceptors (Lipinski definition) is 4. The zero-order chi connectivity index (χ0) is 17.1. The van der Waals surface area contributed by atoms with Gasteiger partial charge in [-0.05, 0) is 31.4 Å². The molecule has 1 unspecified atom stereocenters. The predicted molar refractivity (Wildman–Crippen MR) is 86.6 cm³/mol. The van der Waals surface area contributed by atoms with Gasteiger partial charge in [-0.15, -0.1) is 10.2 Å². The van der Waals surface area contributed by atoms with Crippen molar-refractivity contribution in [1.29, 1.82) is 0 Å². The minimum absolute atomic E-state index is 0.0384. The first kappa shape index (κ1) is 16.3. The molecule has 7 heteroatoms. The van der Waals surface area contributed by atoms with E-state index < -0.39 is 17.4 Å². The molecule has 0 saturated heterocycles. The van der Waals surface area contributed by atoms with E-state index >= 15 is 0 Å². The first-order valence-electron chi connectivity index (χ1n) is 8.11. The molecular weight excluding hydrogens is 311 g/mol. The number of benzene rings is 1. The van der Waals surface area contributed by atoms with Crippen LogP contribution in [0, 0.1) is 11.7 Å². The molecule has 3 rings (SSSR count). The molecule has 1 amide bonds. The molecule has 2 N–H and O–H groups in total. The van der Waals surface area contributed by atoms with Crippen molar-refractivity contribution in [3.63, 3.8) is 0 Å². The number of amides is 1. The molecule has 1 atom stereocenters. The predicted octanol–water partition coefficient (Wildman–Crippen LogP) is 2.34. The molecule has 1 heterocycles. The maximum Gasteiger partial charge on any atom is 0.275 e.